The molecule has 0 spiro atoms. The number of benzene rings is 1. The molecule has 144 valence electrons. The van der Waals surface area contributed by atoms with Crippen LogP contribution >= 0.6 is 8.58 Å². The number of carbonyl (C=O) groups is 1. The summed E-state index contributed by atoms with van der Waals surface area (Å²) in [7, 11) is 0.499. The molecular weight excluding hydrogens is 371 g/mol. The van der Waals surface area contributed by atoms with Crippen molar-refractivity contribution in [2.75, 3.05) is 19.6 Å². The van der Waals surface area contributed by atoms with E-state index in [4.69, 9.17) is 4.42 Å². The van der Waals surface area contributed by atoms with Gasteiger partial charge in [-0.2, -0.15) is 0 Å². The van der Waals surface area contributed by atoms with E-state index >= 15 is 0 Å². The number of nitrogens with zero attached hydrogens (tertiary/aromatic N) is 3. The van der Waals surface area contributed by atoms with Gasteiger partial charge in [-0.3, -0.25) is 4.79 Å². The number of oxazole rings is 1. The van der Waals surface area contributed by atoms with Gasteiger partial charge in [0.1, 0.15) is 5.52 Å². The Hall–Kier alpha value is -2.43. The molecule has 0 aliphatic carbocycles. The summed E-state index contributed by atoms with van der Waals surface area (Å²) < 4.78 is 5.66. The van der Waals surface area contributed by atoms with Crippen molar-refractivity contribution in [1.29, 1.82) is 0 Å². The summed E-state index contributed by atoms with van der Waals surface area (Å²) in [6.45, 7) is 6.94. The third kappa shape index (κ3) is 3.17. The van der Waals surface area contributed by atoms with Crippen LogP contribution in [-0.2, 0) is 4.79 Å². The summed E-state index contributed by atoms with van der Waals surface area (Å²) in [6, 6.07) is 6.44. The summed E-state index contributed by atoms with van der Waals surface area (Å²) in [4.78, 5) is 21.5. The number of aromatic nitrogens is 1. The molecule has 28 heavy (non-hydrogen) atoms. The Morgan fingerprint density at radius 2 is 2.25 bits per heavy atom. The van der Waals surface area contributed by atoms with Crippen LogP contribution in [0, 0.1) is 6.92 Å². The Balaban J connectivity index is 1.41. The van der Waals surface area contributed by atoms with E-state index in [1.165, 1.54) is 0 Å². The molecule has 3 aliphatic heterocycles. The number of allylic oxidation sites excluding steroid dienone is 1. The predicted octanol–water partition coefficient (Wildman–Crippen LogP) is 3.03. The SMILES string of the molecule is Cc1nc2ccc(C3=CC(=O)N4C=C(N5CCN[C@H](C)C5)C=CC4P3)cc2o1. The van der Waals surface area contributed by atoms with Gasteiger partial charge < -0.3 is 19.5 Å². The van der Waals surface area contributed by atoms with Crippen molar-refractivity contribution in [3.63, 3.8) is 0 Å². The Labute approximate surface area is 165 Å². The molecule has 1 N–H and O–H groups in total. The van der Waals surface area contributed by atoms with Crippen LogP contribution in [0.3, 0.4) is 0 Å². The number of carbonyl (C=O) groups excluding carboxylic acids is 1. The molecule has 2 aromatic rings. The maximum Gasteiger partial charge on any atom is 0.252 e. The molecule has 1 fully saturated rings. The first-order chi connectivity index (χ1) is 13.6. The van der Waals surface area contributed by atoms with Crippen molar-refractivity contribution in [3.8, 4) is 0 Å². The fraction of sp³-hybridized carbons (Fsp3) is 0.333. The van der Waals surface area contributed by atoms with Gasteiger partial charge in [-0.1, -0.05) is 20.7 Å². The van der Waals surface area contributed by atoms with Crippen LogP contribution in [0.1, 0.15) is 18.4 Å². The highest BCUT2D eigenvalue weighted by Crippen LogP contribution is 2.45. The molecule has 0 radical (unpaired) electrons. The number of rotatable bonds is 2. The summed E-state index contributed by atoms with van der Waals surface area (Å²) in [5.74, 6) is 0.783. The molecule has 2 unspecified atom stereocenters. The standard InChI is InChI=1S/C21H23N4O2P/c1-13-11-24(8-7-22-13)16-4-6-21-25(12-16)20(26)10-19(28-21)15-3-5-17-18(9-15)27-14(2)23-17/h3-6,9-10,12-13,21-22,28H,7-8,11H2,1-2H3/t13-,21?/m1/s1. The highest BCUT2D eigenvalue weighted by Gasteiger charge is 2.30. The highest BCUT2D eigenvalue weighted by molar-refractivity contribution is 7.51. The minimum atomic E-state index is 0.0395. The lowest BCUT2D eigenvalue weighted by molar-refractivity contribution is -0.123. The molecular formula is C21H23N4O2P. The molecule has 1 aromatic carbocycles. The zero-order valence-corrected chi connectivity index (χ0v) is 17.0. The van der Waals surface area contributed by atoms with Crippen LogP contribution in [0.15, 0.2) is 52.7 Å². The lowest BCUT2D eigenvalue weighted by Gasteiger charge is -2.39. The normalized spacial score (nSPS) is 25.9. The average Bonchev–Trinajstić information content (AvgIpc) is 3.07. The van der Waals surface area contributed by atoms with E-state index in [9.17, 15) is 4.79 Å². The number of fused-ring (bicyclic) bond motifs is 2. The summed E-state index contributed by atoms with van der Waals surface area (Å²) in [5.41, 5.74) is 3.78. The number of nitrogens with one attached hydrogen (secondary N) is 1. The molecule has 1 aromatic heterocycles. The van der Waals surface area contributed by atoms with Crippen LogP contribution in [0.25, 0.3) is 16.4 Å². The van der Waals surface area contributed by atoms with Crippen molar-refractivity contribution in [1.82, 2.24) is 20.1 Å². The zero-order valence-electron chi connectivity index (χ0n) is 16.0. The quantitative estimate of drug-likeness (QED) is 0.794. The second-order valence-corrected chi connectivity index (χ2v) is 8.94. The van der Waals surface area contributed by atoms with Crippen LogP contribution in [0.5, 0.6) is 0 Å². The molecule has 7 heteroatoms. The topological polar surface area (TPSA) is 61.6 Å². The molecule has 6 nitrogen and oxygen atoms in total. The Kier molecular flexibility index (Phi) is 4.33. The van der Waals surface area contributed by atoms with Gasteiger partial charge in [-0.05, 0) is 36.0 Å². The first kappa shape index (κ1) is 17.7. The van der Waals surface area contributed by atoms with E-state index in [0.29, 0.717) is 20.5 Å². The molecule has 5 rings (SSSR count). The first-order valence-corrected chi connectivity index (χ1v) is 10.7. The molecule has 1 saturated heterocycles. The Bertz CT molecular complexity index is 1040. The Morgan fingerprint density at radius 3 is 3.11 bits per heavy atom. The average molecular weight is 394 g/mol. The minimum Gasteiger partial charge on any atom is -0.441 e. The van der Waals surface area contributed by atoms with E-state index in [1.54, 1.807) is 6.08 Å². The Morgan fingerprint density at radius 1 is 1.36 bits per heavy atom. The summed E-state index contributed by atoms with van der Waals surface area (Å²) >= 11 is 0. The second-order valence-electron chi connectivity index (χ2n) is 7.52. The highest BCUT2D eigenvalue weighted by atomic mass is 31.1. The fourth-order valence-electron chi connectivity index (χ4n) is 3.99. The van der Waals surface area contributed by atoms with Gasteiger partial charge in [0.05, 0.1) is 11.5 Å². The van der Waals surface area contributed by atoms with Gasteiger partial charge >= 0.3 is 0 Å². The predicted molar refractivity (Wildman–Crippen MR) is 112 cm³/mol. The van der Waals surface area contributed by atoms with Gasteiger partial charge in [0.2, 0.25) is 0 Å². The van der Waals surface area contributed by atoms with Crippen LogP contribution in [0.2, 0.25) is 0 Å². The molecule has 3 atom stereocenters. The van der Waals surface area contributed by atoms with Crippen LogP contribution < -0.4 is 5.32 Å². The van der Waals surface area contributed by atoms with E-state index in [1.807, 2.05) is 36.2 Å². The van der Waals surface area contributed by atoms with Gasteiger partial charge in [0.25, 0.3) is 5.91 Å². The smallest absolute Gasteiger partial charge is 0.252 e. The molecule has 4 heterocycles. The minimum absolute atomic E-state index is 0.0395. The lowest BCUT2D eigenvalue weighted by atomic mass is 10.1. The van der Waals surface area contributed by atoms with Crippen molar-refractivity contribution < 1.29 is 9.21 Å². The van der Waals surface area contributed by atoms with Crippen molar-refractivity contribution in [2.45, 2.75) is 25.7 Å². The van der Waals surface area contributed by atoms with E-state index in [-0.39, 0.29) is 11.7 Å². The maximum absolute atomic E-state index is 12.9. The second kappa shape index (κ2) is 6.87. The number of aryl methyl sites for hydroxylation is 1. The third-order valence-corrected chi connectivity index (χ3v) is 6.90. The first-order valence-electron chi connectivity index (χ1n) is 9.63. The van der Waals surface area contributed by atoms with Crippen LogP contribution in [-0.4, -0.2) is 52.2 Å². The third-order valence-electron chi connectivity index (χ3n) is 5.39. The van der Waals surface area contributed by atoms with Crippen molar-refractivity contribution >= 4 is 30.9 Å². The molecule has 0 bridgehead atoms. The van der Waals surface area contributed by atoms with Crippen LogP contribution in [0.4, 0.5) is 0 Å². The fourth-order valence-corrected chi connectivity index (χ4v) is 5.37. The van der Waals surface area contributed by atoms with Gasteiger partial charge in [0.15, 0.2) is 11.5 Å². The zero-order chi connectivity index (χ0) is 19.3. The number of piperazine rings is 1. The number of hydrogen-bond acceptors (Lipinski definition) is 5. The van der Waals surface area contributed by atoms with Gasteiger partial charge in [-0.25, -0.2) is 4.98 Å². The van der Waals surface area contributed by atoms with Crippen molar-refractivity contribution in [3.05, 3.63) is 59.8 Å². The molecule has 3 aliphatic rings. The van der Waals surface area contributed by atoms with Gasteiger partial charge in [0, 0.05) is 44.9 Å². The molecule has 0 saturated carbocycles. The monoisotopic (exact) mass is 394 g/mol. The van der Waals surface area contributed by atoms with E-state index < -0.39 is 0 Å². The lowest BCUT2D eigenvalue weighted by Crippen LogP contribution is -2.49. The number of hydrogen-bond donors (Lipinski definition) is 1. The summed E-state index contributed by atoms with van der Waals surface area (Å²) in [5, 5.41) is 4.53. The largest absolute Gasteiger partial charge is 0.441 e. The van der Waals surface area contributed by atoms with E-state index in [2.05, 4.69) is 34.3 Å². The van der Waals surface area contributed by atoms with Crippen molar-refractivity contribution in [2.24, 2.45) is 0 Å². The van der Waals surface area contributed by atoms with E-state index in [0.717, 1.165) is 47.3 Å². The van der Waals surface area contributed by atoms with Gasteiger partial charge in [-0.15, -0.1) is 0 Å². The number of amides is 1. The summed E-state index contributed by atoms with van der Waals surface area (Å²) in [6.07, 6.45) is 8.13. The molecule has 1 amide bonds. The maximum atomic E-state index is 12.9.